The van der Waals surface area contributed by atoms with Crippen LogP contribution in [0.1, 0.15) is 17.2 Å². The minimum Gasteiger partial charge on any atom is -0.398 e. The summed E-state index contributed by atoms with van der Waals surface area (Å²) in [7, 11) is 0. The second kappa shape index (κ2) is 3.85. The molecule has 0 amide bonds. The van der Waals surface area contributed by atoms with Crippen molar-refractivity contribution in [1.82, 2.24) is 15.5 Å². The molecule has 3 rings (SSSR count). The summed E-state index contributed by atoms with van der Waals surface area (Å²) in [6.07, 6.45) is 1.75. The molecule has 17 heavy (non-hydrogen) atoms. The number of nitrogens with zero attached hydrogens (tertiary/aromatic N) is 2. The first-order valence-electron chi connectivity index (χ1n) is 5.64. The minimum absolute atomic E-state index is 0.468. The summed E-state index contributed by atoms with van der Waals surface area (Å²) in [6.45, 7) is 3.86. The molecule has 0 saturated carbocycles. The Labute approximate surface area is 99.0 Å². The third-order valence-electron chi connectivity index (χ3n) is 3.13. The summed E-state index contributed by atoms with van der Waals surface area (Å²) < 4.78 is 5.31. The SMILES string of the molecule is Cc1cnc(-c2cc(C3CNC3)no2)cc1N. The number of aromatic nitrogens is 2. The van der Waals surface area contributed by atoms with Gasteiger partial charge in [-0.3, -0.25) is 4.98 Å². The number of aryl methyl sites for hydroxylation is 1. The minimum atomic E-state index is 0.468. The van der Waals surface area contributed by atoms with Crippen LogP contribution in [-0.2, 0) is 0 Å². The molecule has 1 saturated heterocycles. The van der Waals surface area contributed by atoms with Gasteiger partial charge in [0, 0.05) is 37.0 Å². The van der Waals surface area contributed by atoms with E-state index in [1.165, 1.54) is 0 Å². The summed E-state index contributed by atoms with van der Waals surface area (Å²) in [5.74, 6) is 1.15. The van der Waals surface area contributed by atoms with Gasteiger partial charge in [0.05, 0.1) is 5.69 Å². The topological polar surface area (TPSA) is 77.0 Å². The Morgan fingerprint density at radius 2 is 2.24 bits per heavy atom. The molecule has 0 spiro atoms. The van der Waals surface area contributed by atoms with Gasteiger partial charge >= 0.3 is 0 Å². The summed E-state index contributed by atoms with van der Waals surface area (Å²) >= 11 is 0. The molecule has 0 unspecified atom stereocenters. The molecule has 3 N–H and O–H groups in total. The maximum Gasteiger partial charge on any atom is 0.185 e. The van der Waals surface area contributed by atoms with E-state index in [1.807, 2.05) is 19.1 Å². The number of rotatable bonds is 2. The lowest BCUT2D eigenvalue weighted by Gasteiger charge is -2.24. The molecule has 2 aromatic heterocycles. The maximum absolute atomic E-state index is 5.85. The summed E-state index contributed by atoms with van der Waals surface area (Å²) in [5.41, 5.74) is 9.26. The fraction of sp³-hybridized carbons (Fsp3) is 0.333. The van der Waals surface area contributed by atoms with Crippen molar-refractivity contribution in [3.8, 4) is 11.5 Å². The van der Waals surface area contributed by atoms with Gasteiger partial charge in [0.15, 0.2) is 5.76 Å². The molecule has 1 aliphatic rings. The van der Waals surface area contributed by atoms with Gasteiger partial charge in [0.2, 0.25) is 0 Å². The third-order valence-corrected chi connectivity index (χ3v) is 3.13. The smallest absolute Gasteiger partial charge is 0.185 e. The van der Waals surface area contributed by atoms with Gasteiger partial charge in [-0.05, 0) is 18.6 Å². The molecule has 3 heterocycles. The first kappa shape index (κ1) is 10.3. The molecular weight excluding hydrogens is 216 g/mol. The Bertz CT molecular complexity index is 545. The average molecular weight is 230 g/mol. The number of nitrogens with one attached hydrogen (secondary N) is 1. The molecule has 0 atom stereocenters. The highest BCUT2D eigenvalue weighted by Gasteiger charge is 2.23. The number of pyridine rings is 1. The van der Waals surface area contributed by atoms with Crippen LogP contribution in [0.4, 0.5) is 5.69 Å². The molecule has 5 nitrogen and oxygen atoms in total. The monoisotopic (exact) mass is 230 g/mol. The number of nitrogens with two attached hydrogens (primary N) is 1. The van der Waals surface area contributed by atoms with Gasteiger partial charge in [-0.1, -0.05) is 5.16 Å². The van der Waals surface area contributed by atoms with Gasteiger partial charge in [-0.15, -0.1) is 0 Å². The highest BCUT2D eigenvalue weighted by molar-refractivity contribution is 5.60. The van der Waals surface area contributed by atoms with Crippen LogP contribution in [0.15, 0.2) is 22.9 Å². The number of hydrogen-bond donors (Lipinski definition) is 2. The first-order valence-corrected chi connectivity index (χ1v) is 5.64. The maximum atomic E-state index is 5.85. The fourth-order valence-corrected chi connectivity index (χ4v) is 1.77. The summed E-state index contributed by atoms with van der Waals surface area (Å²) in [4.78, 5) is 4.30. The predicted octanol–water partition coefficient (Wildman–Crippen LogP) is 1.31. The van der Waals surface area contributed by atoms with Gasteiger partial charge in [0.1, 0.15) is 5.69 Å². The van der Waals surface area contributed by atoms with Crippen molar-refractivity contribution in [2.75, 3.05) is 18.8 Å². The molecule has 0 radical (unpaired) electrons. The van der Waals surface area contributed by atoms with Gasteiger partial charge in [-0.2, -0.15) is 0 Å². The quantitative estimate of drug-likeness (QED) is 0.813. The Morgan fingerprint density at radius 3 is 2.88 bits per heavy atom. The van der Waals surface area contributed by atoms with Crippen molar-refractivity contribution in [3.05, 3.63) is 29.6 Å². The van der Waals surface area contributed by atoms with E-state index in [0.717, 1.165) is 35.7 Å². The average Bonchev–Trinajstić information content (AvgIpc) is 2.69. The zero-order chi connectivity index (χ0) is 11.8. The van der Waals surface area contributed by atoms with E-state index in [0.29, 0.717) is 11.7 Å². The van der Waals surface area contributed by atoms with Crippen LogP contribution in [-0.4, -0.2) is 23.2 Å². The zero-order valence-electron chi connectivity index (χ0n) is 9.60. The lowest BCUT2D eigenvalue weighted by atomic mass is 9.99. The zero-order valence-corrected chi connectivity index (χ0v) is 9.60. The van der Waals surface area contributed by atoms with Crippen LogP contribution in [0.2, 0.25) is 0 Å². The Balaban J connectivity index is 1.92. The van der Waals surface area contributed by atoms with E-state index in [9.17, 15) is 0 Å². The van der Waals surface area contributed by atoms with Crippen LogP contribution in [0.3, 0.4) is 0 Å². The number of nitrogen functional groups attached to an aromatic ring is 1. The molecule has 2 aromatic rings. The van der Waals surface area contributed by atoms with E-state index in [2.05, 4.69) is 15.5 Å². The molecular formula is C12H14N4O. The van der Waals surface area contributed by atoms with Gasteiger partial charge in [0.25, 0.3) is 0 Å². The lowest BCUT2D eigenvalue weighted by Crippen LogP contribution is -2.40. The Hall–Kier alpha value is -1.88. The van der Waals surface area contributed by atoms with Crippen LogP contribution in [0.25, 0.3) is 11.5 Å². The van der Waals surface area contributed by atoms with E-state index in [4.69, 9.17) is 10.3 Å². The van der Waals surface area contributed by atoms with Crippen molar-refractivity contribution in [2.24, 2.45) is 0 Å². The molecule has 1 aliphatic heterocycles. The number of hydrogen-bond acceptors (Lipinski definition) is 5. The lowest BCUT2D eigenvalue weighted by molar-refractivity contribution is 0.382. The second-order valence-electron chi connectivity index (χ2n) is 4.40. The molecule has 0 bridgehead atoms. The molecule has 1 fully saturated rings. The molecule has 0 aliphatic carbocycles. The fourth-order valence-electron chi connectivity index (χ4n) is 1.77. The van der Waals surface area contributed by atoms with E-state index in [1.54, 1.807) is 6.20 Å². The Morgan fingerprint density at radius 1 is 1.41 bits per heavy atom. The van der Waals surface area contributed by atoms with E-state index < -0.39 is 0 Å². The summed E-state index contributed by atoms with van der Waals surface area (Å²) in [5, 5.41) is 7.28. The predicted molar refractivity (Wildman–Crippen MR) is 64.5 cm³/mol. The van der Waals surface area contributed by atoms with Crippen LogP contribution in [0, 0.1) is 6.92 Å². The van der Waals surface area contributed by atoms with E-state index >= 15 is 0 Å². The van der Waals surface area contributed by atoms with Crippen molar-refractivity contribution < 1.29 is 4.52 Å². The van der Waals surface area contributed by atoms with Crippen molar-refractivity contribution in [1.29, 1.82) is 0 Å². The van der Waals surface area contributed by atoms with E-state index in [-0.39, 0.29) is 0 Å². The van der Waals surface area contributed by atoms with Crippen LogP contribution >= 0.6 is 0 Å². The summed E-state index contributed by atoms with van der Waals surface area (Å²) in [6, 6.07) is 3.77. The molecule has 0 aromatic carbocycles. The van der Waals surface area contributed by atoms with Crippen molar-refractivity contribution >= 4 is 5.69 Å². The Kier molecular flexibility index (Phi) is 2.33. The first-order chi connectivity index (χ1) is 8.24. The second-order valence-corrected chi connectivity index (χ2v) is 4.40. The largest absolute Gasteiger partial charge is 0.398 e. The molecule has 88 valence electrons. The highest BCUT2D eigenvalue weighted by Crippen LogP contribution is 2.26. The normalized spacial score (nSPS) is 15.8. The third kappa shape index (κ3) is 1.78. The molecule has 5 heteroatoms. The van der Waals surface area contributed by atoms with Crippen molar-refractivity contribution in [3.63, 3.8) is 0 Å². The van der Waals surface area contributed by atoms with Gasteiger partial charge in [-0.25, -0.2) is 0 Å². The highest BCUT2D eigenvalue weighted by atomic mass is 16.5. The standard InChI is InChI=1S/C12H14N4O/c1-7-4-15-11(2-9(7)13)12-3-10(16-17-12)8-5-14-6-8/h2-4,8,14H,5-6H2,1H3,(H2,13,15). The number of anilines is 1. The van der Waals surface area contributed by atoms with Crippen molar-refractivity contribution in [2.45, 2.75) is 12.8 Å². The van der Waals surface area contributed by atoms with Crippen LogP contribution in [0.5, 0.6) is 0 Å². The van der Waals surface area contributed by atoms with Gasteiger partial charge < -0.3 is 15.6 Å². The van der Waals surface area contributed by atoms with Crippen LogP contribution < -0.4 is 11.1 Å².